The lowest BCUT2D eigenvalue weighted by Crippen LogP contribution is -2.22. The number of rotatable bonds is 7. The van der Waals surface area contributed by atoms with Gasteiger partial charge < -0.3 is 5.11 Å². The number of carboxylic acid groups (broad SMARTS) is 1. The number of thiophene rings is 1. The molecule has 0 unspecified atom stereocenters. The van der Waals surface area contributed by atoms with Gasteiger partial charge in [-0.25, -0.2) is 4.79 Å². The van der Waals surface area contributed by atoms with Gasteiger partial charge in [-0.15, -0.1) is 11.3 Å². The molecule has 0 saturated heterocycles. The Hall–Kier alpha value is -1.98. The molecule has 0 aliphatic heterocycles. The minimum absolute atomic E-state index is 0.815. The summed E-state index contributed by atoms with van der Waals surface area (Å²) in [6.07, 6.45) is 4.61. The fourth-order valence-corrected chi connectivity index (χ4v) is 2.90. The first-order chi connectivity index (χ1) is 10.2. The standard InChI is InChI=1S/C16H18N2O2S/c1-2-18(11-13-5-3-4-10-17-13)12-15-7-6-14(21-15)8-9-16(19)20/h3-10H,2,11-12H2,1H3,(H,19,20)/b9-8+. The SMILES string of the molecule is CCN(Cc1ccccn1)Cc1ccc(/C=C/C(=O)O)s1. The van der Waals surface area contributed by atoms with E-state index in [1.165, 1.54) is 11.0 Å². The average Bonchev–Trinajstić information content (AvgIpc) is 2.93. The molecule has 2 aromatic rings. The molecule has 2 aromatic heterocycles. The average molecular weight is 302 g/mol. The minimum Gasteiger partial charge on any atom is -0.478 e. The second-order valence-electron chi connectivity index (χ2n) is 4.60. The lowest BCUT2D eigenvalue weighted by atomic mass is 10.3. The summed E-state index contributed by atoms with van der Waals surface area (Å²) >= 11 is 1.62. The highest BCUT2D eigenvalue weighted by Crippen LogP contribution is 2.20. The van der Waals surface area contributed by atoms with Gasteiger partial charge in [0.25, 0.3) is 0 Å². The third-order valence-electron chi connectivity index (χ3n) is 3.01. The summed E-state index contributed by atoms with van der Waals surface area (Å²) in [5.41, 5.74) is 1.06. The molecule has 2 heterocycles. The second kappa shape index (κ2) is 7.71. The molecule has 0 aromatic carbocycles. The van der Waals surface area contributed by atoms with Crippen LogP contribution in [-0.2, 0) is 17.9 Å². The summed E-state index contributed by atoms with van der Waals surface area (Å²) < 4.78 is 0. The summed E-state index contributed by atoms with van der Waals surface area (Å²) in [5, 5.41) is 8.63. The van der Waals surface area contributed by atoms with E-state index in [9.17, 15) is 4.79 Å². The Morgan fingerprint density at radius 1 is 1.33 bits per heavy atom. The van der Waals surface area contributed by atoms with Crippen LogP contribution in [0, 0.1) is 0 Å². The molecule has 21 heavy (non-hydrogen) atoms. The Morgan fingerprint density at radius 2 is 2.19 bits per heavy atom. The highest BCUT2D eigenvalue weighted by atomic mass is 32.1. The number of aromatic nitrogens is 1. The number of nitrogens with zero attached hydrogens (tertiary/aromatic N) is 2. The number of carboxylic acids is 1. The molecule has 0 saturated carbocycles. The van der Waals surface area contributed by atoms with Crippen LogP contribution in [0.3, 0.4) is 0 Å². The van der Waals surface area contributed by atoms with Crippen molar-refractivity contribution < 1.29 is 9.90 Å². The zero-order valence-electron chi connectivity index (χ0n) is 11.9. The Morgan fingerprint density at radius 3 is 2.86 bits per heavy atom. The Balaban J connectivity index is 1.97. The molecule has 0 fully saturated rings. The van der Waals surface area contributed by atoms with E-state index < -0.39 is 5.97 Å². The molecule has 110 valence electrons. The van der Waals surface area contributed by atoms with Crippen LogP contribution >= 0.6 is 11.3 Å². The summed E-state index contributed by atoms with van der Waals surface area (Å²) in [6, 6.07) is 9.94. The summed E-state index contributed by atoms with van der Waals surface area (Å²) in [4.78, 5) is 19.3. The van der Waals surface area contributed by atoms with Crippen LogP contribution in [0.1, 0.15) is 22.4 Å². The second-order valence-corrected chi connectivity index (χ2v) is 5.80. The maximum Gasteiger partial charge on any atom is 0.328 e. The molecule has 0 aliphatic rings. The summed E-state index contributed by atoms with van der Waals surface area (Å²) in [7, 11) is 0. The van der Waals surface area contributed by atoms with Gasteiger partial charge >= 0.3 is 5.97 Å². The maximum atomic E-state index is 10.5. The van der Waals surface area contributed by atoms with Gasteiger partial charge in [-0.1, -0.05) is 13.0 Å². The van der Waals surface area contributed by atoms with Crippen LogP contribution in [0.25, 0.3) is 6.08 Å². The van der Waals surface area contributed by atoms with E-state index in [1.807, 2.05) is 36.5 Å². The van der Waals surface area contributed by atoms with E-state index >= 15 is 0 Å². The monoisotopic (exact) mass is 302 g/mol. The van der Waals surface area contributed by atoms with Crippen molar-refractivity contribution in [2.45, 2.75) is 20.0 Å². The van der Waals surface area contributed by atoms with Crippen molar-refractivity contribution in [2.24, 2.45) is 0 Å². The summed E-state index contributed by atoms with van der Waals surface area (Å²) in [5.74, 6) is -0.921. The Labute approximate surface area is 128 Å². The van der Waals surface area contributed by atoms with Gasteiger partial charge in [0, 0.05) is 35.1 Å². The van der Waals surface area contributed by atoms with E-state index in [0.29, 0.717) is 0 Å². The quantitative estimate of drug-likeness (QED) is 0.798. The van der Waals surface area contributed by atoms with Crippen molar-refractivity contribution in [1.82, 2.24) is 9.88 Å². The third kappa shape index (κ3) is 5.13. The molecule has 2 rings (SSSR count). The van der Waals surface area contributed by atoms with E-state index in [1.54, 1.807) is 17.4 Å². The molecule has 0 spiro atoms. The number of hydrogen-bond donors (Lipinski definition) is 1. The molecule has 0 aliphatic carbocycles. The first kappa shape index (κ1) is 15.4. The topological polar surface area (TPSA) is 53.4 Å². The first-order valence-corrected chi connectivity index (χ1v) is 7.61. The molecule has 0 atom stereocenters. The van der Waals surface area contributed by atoms with Gasteiger partial charge in [0.2, 0.25) is 0 Å². The highest BCUT2D eigenvalue weighted by Gasteiger charge is 2.07. The highest BCUT2D eigenvalue weighted by molar-refractivity contribution is 7.12. The third-order valence-corrected chi connectivity index (χ3v) is 4.05. The zero-order chi connectivity index (χ0) is 15.1. The van der Waals surface area contributed by atoms with Gasteiger partial charge in [-0.2, -0.15) is 0 Å². The fourth-order valence-electron chi connectivity index (χ4n) is 1.94. The van der Waals surface area contributed by atoms with Crippen molar-refractivity contribution in [3.05, 3.63) is 58.1 Å². The van der Waals surface area contributed by atoms with Crippen LogP contribution in [0.15, 0.2) is 42.6 Å². The predicted octanol–water partition coefficient (Wildman–Crippen LogP) is 3.26. The smallest absolute Gasteiger partial charge is 0.328 e. The van der Waals surface area contributed by atoms with E-state index in [0.717, 1.165) is 30.2 Å². The van der Waals surface area contributed by atoms with Crippen molar-refractivity contribution in [3.63, 3.8) is 0 Å². The van der Waals surface area contributed by atoms with Crippen molar-refractivity contribution >= 4 is 23.4 Å². The Kier molecular flexibility index (Phi) is 5.66. The lowest BCUT2D eigenvalue weighted by molar-refractivity contribution is -0.131. The molecular weight excluding hydrogens is 284 g/mol. The Bertz CT molecular complexity index is 608. The van der Waals surface area contributed by atoms with Crippen LogP contribution in [0.2, 0.25) is 0 Å². The molecular formula is C16H18N2O2S. The van der Waals surface area contributed by atoms with Gasteiger partial charge in [0.05, 0.1) is 5.69 Å². The van der Waals surface area contributed by atoms with Crippen molar-refractivity contribution in [1.29, 1.82) is 0 Å². The molecule has 1 N–H and O–H groups in total. The minimum atomic E-state index is -0.921. The van der Waals surface area contributed by atoms with Gasteiger partial charge in [-0.05, 0) is 36.9 Å². The predicted molar refractivity (Wildman–Crippen MR) is 85.0 cm³/mol. The zero-order valence-corrected chi connectivity index (χ0v) is 12.7. The number of pyridine rings is 1. The van der Waals surface area contributed by atoms with Gasteiger partial charge in [-0.3, -0.25) is 9.88 Å². The number of hydrogen-bond acceptors (Lipinski definition) is 4. The normalized spacial score (nSPS) is 11.3. The van der Waals surface area contributed by atoms with Crippen LogP contribution in [0.4, 0.5) is 0 Å². The summed E-state index contributed by atoms with van der Waals surface area (Å²) in [6.45, 7) is 4.73. The largest absolute Gasteiger partial charge is 0.478 e. The first-order valence-electron chi connectivity index (χ1n) is 6.79. The fraction of sp³-hybridized carbons (Fsp3) is 0.250. The number of carbonyl (C=O) groups is 1. The van der Waals surface area contributed by atoms with Crippen molar-refractivity contribution in [3.8, 4) is 0 Å². The van der Waals surface area contributed by atoms with E-state index in [-0.39, 0.29) is 0 Å². The lowest BCUT2D eigenvalue weighted by Gasteiger charge is -2.18. The van der Waals surface area contributed by atoms with Crippen LogP contribution in [-0.4, -0.2) is 27.5 Å². The maximum absolute atomic E-state index is 10.5. The molecule has 0 amide bonds. The molecule has 0 bridgehead atoms. The van der Waals surface area contributed by atoms with Gasteiger partial charge in [0.1, 0.15) is 0 Å². The number of aliphatic carboxylic acids is 1. The van der Waals surface area contributed by atoms with Crippen molar-refractivity contribution in [2.75, 3.05) is 6.54 Å². The molecule has 5 heteroatoms. The molecule has 0 radical (unpaired) electrons. The molecule has 4 nitrogen and oxygen atoms in total. The van der Waals surface area contributed by atoms with E-state index in [2.05, 4.69) is 16.8 Å². The van der Waals surface area contributed by atoms with E-state index in [4.69, 9.17) is 5.11 Å². The van der Waals surface area contributed by atoms with Gasteiger partial charge in [0.15, 0.2) is 0 Å². The van der Waals surface area contributed by atoms with Crippen LogP contribution < -0.4 is 0 Å². The van der Waals surface area contributed by atoms with Crippen LogP contribution in [0.5, 0.6) is 0 Å².